The number of rotatable bonds is 7. The van der Waals surface area contributed by atoms with Crippen molar-refractivity contribution >= 4 is 40.4 Å². The molecule has 0 aromatic heterocycles. The minimum absolute atomic E-state index is 0.0288. The maximum Gasteiger partial charge on any atom is 0.434 e. The number of aliphatic imine (C=N–C) groups is 1. The van der Waals surface area contributed by atoms with E-state index in [-0.39, 0.29) is 48.0 Å². The summed E-state index contributed by atoms with van der Waals surface area (Å²) in [6.45, 7) is 1.67. The number of allylic oxidation sites excluding steroid dienone is 1. The van der Waals surface area contributed by atoms with Crippen LogP contribution in [-0.4, -0.2) is 41.5 Å². The number of esters is 1. The second-order valence-corrected chi connectivity index (χ2v) is 9.78. The molecule has 0 fully saturated rings. The SMILES string of the molecule is CCOC(=O)C1=C(C(F)(F)F)N=C2SC=C(CC(=O)NCc3ccc4c(c3)OCO4)N2C1c1ccccc1Cl. The monoisotopic (exact) mass is 579 g/mol. The normalized spacial score (nSPS) is 18.0. The molecular weight excluding hydrogens is 559 g/mol. The molecule has 2 aromatic carbocycles. The first-order valence-electron chi connectivity index (χ1n) is 11.8. The van der Waals surface area contributed by atoms with Gasteiger partial charge in [0.05, 0.1) is 24.6 Å². The predicted octanol–water partition coefficient (Wildman–Crippen LogP) is 5.46. The molecule has 39 heavy (non-hydrogen) atoms. The van der Waals surface area contributed by atoms with Gasteiger partial charge in [-0.25, -0.2) is 9.79 Å². The lowest BCUT2D eigenvalue weighted by Crippen LogP contribution is -2.40. The lowest BCUT2D eigenvalue weighted by atomic mass is 9.93. The van der Waals surface area contributed by atoms with Crippen LogP contribution >= 0.6 is 23.4 Å². The van der Waals surface area contributed by atoms with E-state index in [0.717, 1.165) is 17.3 Å². The third kappa shape index (κ3) is 5.44. The number of fused-ring (bicyclic) bond motifs is 2. The highest BCUT2D eigenvalue weighted by Crippen LogP contribution is 2.49. The largest absolute Gasteiger partial charge is 0.463 e. The quantitative estimate of drug-likeness (QED) is 0.436. The van der Waals surface area contributed by atoms with Crippen LogP contribution in [0.1, 0.15) is 30.5 Å². The lowest BCUT2D eigenvalue weighted by Gasteiger charge is -2.37. The van der Waals surface area contributed by atoms with Crippen molar-refractivity contribution in [3.8, 4) is 11.5 Å². The Morgan fingerprint density at radius 2 is 1.97 bits per heavy atom. The van der Waals surface area contributed by atoms with Gasteiger partial charge in [0.15, 0.2) is 22.4 Å². The van der Waals surface area contributed by atoms with Gasteiger partial charge in [0.25, 0.3) is 0 Å². The molecule has 0 spiro atoms. The number of amidine groups is 1. The average Bonchev–Trinajstić information content (AvgIpc) is 3.53. The number of carbonyl (C=O) groups is 2. The van der Waals surface area contributed by atoms with Crippen LogP contribution in [0.2, 0.25) is 5.02 Å². The van der Waals surface area contributed by atoms with E-state index in [4.69, 9.17) is 25.8 Å². The molecule has 204 valence electrons. The van der Waals surface area contributed by atoms with Crippen molar-refractivity contribution in [1.82, 2.24) is 10.2 Å². The fourth-order valence-corrected chi connectivity index (χ4v) is 5.52. The minimum atomic E-state index is -4.94. The van der Waals surface area contributed by atoms with E-state index in [2.05, 4.69) is 10.3 Å². The maximum absolute atomic E-state index is 14.2. The first kappa shape index (κ1) is 26.9. The Balaban J connectivity index is 1.44. The van der Waals surface area contributed by atoms with Crippen molar-refractivity contribution in [3.05, 3.63) is 81.0 Å². The molecule has 2 aromatic rings. The summed E-state index contributed by atoms with van der Waals surface area (Å²) in [7, 11) is 0. The van der Waals surface area contributed by atoms with Gasteiger partial charge in [-0.15, -0.1) is 0 Å². The second-order valence-electron chi connectivity index (χ2n) is 8.54. The Bertz CT molecular complexity index is 1430. The molecule has 1 N–H and O–H groups in total. The molecule has 0 aliphatic carbocycles. The fraction of sp³-hybridized carbons (Fsp3) is 0.269. The van der Waals surface area contributed by atoms with Crippen molar-refractivity contribution in [2.45, 2.75) is 32.1 Å². The number of ether oxygens (including phenoxy) is 3. The van der Waals surface area contributed by atoms with Crippen LogP contribution in [0.5, 0.6) is 11.5 Å². The smallest absolute Gasteiger partial charge is 0.434 e. The van der Waals surface area contributed by atoms with Gasteiger partial charge < -0.3 is 24.4 Å². The Morgan fingerprint density at radius 1 is 1.21 bits per heavy atom. The number of nitrogens with one attached hydrogen (secondary N) is 1. The van der Waals surface area contributed by atoms with Crippen molar-refractivity contribution in [2.75, 3.05) is 13.4 Å². The zero-order chi connectivity index (χ0) is 27.7. The molecule has 0 bridgehead atoms. The first-order valence-corrected chi connectivity index (χ1v) is 13.0. The van der Waals surface area contributed by atoms with E-state index in [0.29, 0.717) is 17.2 Å². The van der Waals surface area contributed by atoms with E-state index in [1.165, 1.54) is 24.0 Å². The number of amides is 1. The summed E-state index contributed by atoms with van der Waals surface area (Å²) in [6.07, 6.45) is -5.12. The molecule has 3 aliphatic rings. The second kappa shape index (κ2) is 10.9. The molecule has 1 atom stereocenters. The highest BCUT2D eigenvalue weighted by Gasteiger charge is 2.49. The van der Waals surface area contributed by atoms with Gasteiger partial charge in [-0.2, -0.15) is 13.2 Å². The molecule has 1 amide bonds. The van der Waals surface area contributed by atoms with Crippen LogP contribution in [0.15, 0.2) is 69.8 Å². The molecule has 1 unspecified atom stereocenters. The zero-order valence-corrected chi connectivity index (χ0v) is 22.0. The number of thioether (sulfide) groups is 1. The molecule has 0 saturated heterocycles. The summed E-state index contributed by atoms with van der Waals surface area (Å²) >= 11 is 7.35. The summed E-state index contributed by atoms with van der Waals surface area (Å²) in [5.41, 5.74) is -0.679. The molecule has 13 heteroatoms. The van der Waals surface area contributed by atoms with E-state index in [1.807, 2.05) is 0 Å². The summed E-state index contributed by atoms with van der Waals surface area (Å²) in [5, 5.41) is 4.47. The van der Waals surface area contributed by atoms with Gasteiger partial charge in [0.1, 0.15) is 0 Å². The lowest BCUT2D eigenvalue weighted by molar-refractivity contribution is -0.140. The van der Waals surface area contributed by atoms with E-state index in [1.54, 1.807) is 35.7 Å². The molecule has 3 heterocycles. The van der Waals surface area contributed by atoms with Gasteiger partial charge in [-0.1, -0.05) is 47.6 Å². The first-order chi connectivity index (χ1) is 18.7. The summed E-state index contributed by atoms with van der Waals surface area (Å²) in [5.74, 6) is -0.361. The Hall–Kier alpha value is -3.64. The van der Waals surface area contributed by atoms with Crippen molar-refractivity contribution in [1.29, 1.82) is 0 Å². The summed E-state index contributed by atoms with van der Waals surface area (Å²) in [4.78, 5) is 31.1. The Kier molecular flexibility index (Phi) is 7.50. The number of nitrogens with zero attached hydrogens (tertiary/aromatic N) is 2. The van der Waals surface area contributed by atoms with Crippen LogP contribution in [0.4, 0.5) is 13.2 Å². The molecule has 8 nitrogen and oxygen atoms in total. The highest BCUT2D eigenvalue weighted by atomic mass is 35.5. The topological polar surface area (TPSA) is 89.5 Å². The van der Waals surface area contributed by atoms with Crippen LogP contribution in [0.25, 0.3) is 0 Å². The van der Waals surface area contributed by atoms with E-state index < -0.39 is 29.5 Å². The molecule has 5 rings (SSSR count). The van der Waals surface area contributed by atoms with Gasteiger partial charge >= 0.3 is 12.1 Å². The third-order valence-corrected chi connectivity index (χ3v) is 7.28. The number of hydrogen-bond donors (Lipinski definition) is 1. The van der Waals surface area contributed by atoms with Crippen molar-refractivity contribution in [2.24, 2.45) is 4.99 Å². The number of hydrogen-bond acceptors (Lipinski definition) is 8. The Morgan fingerprint density at radius 3 is 2.72 bits per heavy atom. The minimum Gasteiger partial charge on any atom is -0.463 e. The van der Waals surface area contributed by atoms with Gasteiger partial charge in [0, 0.05) is 17.3 Å². The van der Waals surface area contributed by atoms with Crippen LogP contribution in [0.3, 0.4) is 0 Å². The molecule has 0 saturated carbocycles. The fourth-order valence-electron chi connectivity index (χ4n) is 4.36. The summed E-state index contributed by atoms with van der Waals surface area (Å²) in [6, 6.07) is 10.2. The van der Waals surface area contributed by atoms with E-state index >= 15 is 0 Å². The average molecular weight is 580 g/mol. The van der Waals surface area contributed by atoms with Gasteiger partial charge in [-0.3, -0.25) is 4.79 Å². The summed E-state index contributed by atoms with van der Waals surface area (Å²) < 4.78 is 58.1. The highest BCUT2D eigenvalue weighted by molar-refractivity contribution is 8.16. The van der Waals surface area contributed by atoms with Crippen molar-refractivity contribution in [3.63, 3.8) is 0 Å². The molecular formula is C26H21ClF3N3O5S. The standard InChI is InChI=1S/C26H21ClF3N3O5S/c1-2-36-24(35)21-22(16-5-3-4-6-17(16)27)33-15(12-39-25(33)32-23(21)26(28,29)30)10-20(34)31-11-14-7-8-18-19(9-14)38-13-37-18/h3-9,12,22H,2,10-11,13H2,1H3,(H,31,34). The van der Waals surface area contributed by atoms with Gasteiger partial charge in [0.2, 0.25) is 12.7 Å². The predicted molar refractivity (Wildman–Crippen MR) is 138 cm³/mol. The van der Waals surface area contributed by atoms with Crippen LogP contribution in [0, 0.1) is 0 Å². The molecule has 0 radical (unpaired) electrons. The Labute approximate surface area is 230 Å². The maximum atomic E-state index is 14.2. The zero-order valence-electron chi connectivity index (χ0n) is 20.4. The number of benzene rings is 2. The van der Waals surface area contributed by atoms with Crippen LogP contribution < -0.4 is 14.8 Å². The number of halogens is 4. The third-order valence-electron chi connectivity index (χ3n) is 6.04. The van der Waals surface area contributed by atoms with E-state index in [9.17, 15) is 22.8 Å². The van der Waals surface area contributed by atoms with Gasteiger partial charge in [-0.05, 0) is 41.7 Å². The number of carbonyl (C=O) groups excluding carboxylic acids is 2. The van der Waals surface area contributed by atoms with Crippen LogP contribution in [-0.2, 0) is 20.9 Å². The molecule has 3 aliphatic heterocycles. The number of alkyl halides is 3. The van der Waals surface area contributed by atoms with Crippen molar-refractivity contribution < 1.29 is 37.0 Å².